The first-order chi connectivity index (χ1) is 8.66. The summed E-state index contributed by atoms with van der Waals surface area (Å²) in [6, 6.07) is 6.88. The Morgan fingerprint density at radius 2 is 1.72 bits per heavy atom. The second-order valence-corrected chi connectivity index (χ2v) is 4.21. The molecule has 4 nitrogen and oxygen atoms in total. The molecule has 0 radical (unpaired) electrons. The molecule has 88 valence electrons. The van der Waals surface area contributed by atoms with Crippen molar-refractivity contribution in [1.29, 1.82) is 0 Å². The third-order valence-electron chi connectivity index (χ3n) is 2.94. The number of allylic oxidation sites excluding steroid dienone is 1. The highest BCUT2D eigenvalue weighted by Gasteiger charge is 2.32. The van der Waals surface area contributed by atoms with Gasteiger partial charge in [0.2, 0.25) is 0 Å². The number of aromatic nitrogens is 2. The van der Waals surface area contributed by atoms with Crippen LogP contribution in [0.3, 0.4) is 0 Å². The van der Waals surface area contributed by atoms with Gasteiger partial charge in [-0.25, -0.2) is 0 Å². The normalized spacial score (nSPS) is 13.9. The van der Waals surface area contributed by atoms with Gasteiger partial charge in [0.1, 0.15) is 0 Å². The van der Waals surface area contributed by atoms with Crippen molar-refractivity contribution in [2.75, 3.05) is 0 Å². The predicted molar refractivity (Wildman–Crippen MR) is 66.3 cm³/mol. The molecule has 0 spiro atoms. The van der Waals surface area contributed by atoms with Gasteiger partial charge in [-0.15, -0.1) is 0 Å². The molecular formula is C14H10N2O2. The highest BCUT2D eigenvalue weighted by Crippen LogP contribution is 2.27. The van der Waals surface area contributed by atoms with Crippen LogP contribution in [0.4, 0.5) is 0 Å². The summed E-state index contributed by atoms with van der Waals surface area (Å²) in [7, 11) is 1.79. The van der Waals surface area contributed by atoms with Crippen LogP contribution in [0.15, 0.2) is 42.2 Å². The van der Waals surface area contributed by atoms with E-state index in [0.29, 0.717) is 11.1 Å². The van der Waals surface area contributed by atoms with Crippen molar-refractivity contribution in [2.24, 2.45) is 7.05 Å². The monoisotopic (exact) mass is 238 g/mol. The molecule has 2 aromatic rings. The first-order valence-electron chi connectivity index (χ1n) is 5.55. The van der Waals surface area contributed by atoms with E-state index < -0.39 is 0 Å². The van der Waals surface area contributed by atoms with Crippen LogP contribution in [0.1, 0.15) is 26.3 Å². The van der Waals surface area contributed by atoms with Crippen LogP contribution in [-0.4, -0.2) is 21.3 Å². The van der Waals surface area contributed by atoms with Gasteiger partial charge >= 0.3 is 0 Å². The van der Waals surface area contributed by atoms with Gasteiger partial charge in [-0.05, 0) is 6.08 Å². The van der Waals surface area contributed by atoms with Gasteiger partial charge in [0, 0.05) is 29.9 Å². The Morgan fingerprint density at radius 1 is 1.11 bits per heavy atom. The molecule has 1 aliphatic rings. The van der Waals surface area contributed by atoms with Crippen molar-refractivity contribution < 1.29 is 9.59 Å². The van der Waals surface area contributed by atoms with E-state index in [2.05, 4.69) is 5.10 Å². The number of ketones is 2. The first kappa shape index (κ1) is 10.7. The summed E-state index contributed by atoms with van der Waals surface area (Å²) in [5.41, 5.74) is 1.93. The zero-order chi connectivity index (χ0) is 12.7. The predicted octanol–water partition coefficient (Wildman–Crippen LogP) is 1.88. The average molecular weight is 238 g/mol. The minimum Gasteiger partial charge on any atom is -0.288 e. The van der Waals surface area contributed by atoms with Crippen molar-refractivity contribution in [1.82, 2.24) is 9.78 Å². The average Bonchev–Trinajstić information content (AvgIpc) is 2.88. The molecule has 0 unspecified atom stereocenters. The maximum atomic E-state index is 12.1. The Balaban J connectivity index is 2.10. The first-order valence-corrected chi connectivity index (χ1v) is 5.55. The van der Waals surface area contributed by atoms with Gasteiger partial charge in [0.15, 0.2) is 11.6 Å². The lowest BCUT2D eigenvalue weighted by Crippen LogP contribution is -1.99. The Morgan fingerprint density at radius 3 is 2.22 bits per heavy atom. The summed E-state index contributed by atoms with van der Waals surface area (Å²) in [4.78, 5) is 24.2. The lowest BCUT2D eigenvalue weighted by Gasteiger charge is -1.91. The van der Waals surface area contributed by atoms with Crippen molar-refractivity contribution in [3.63, 3.8) is 0 Å². The summed E-state index contributed by atoms with van der Waals surface area (Å²) in [6.45, 7) is 0. The third kappa shape index (κ3) is 1.50. The molecule has 0 atom stereocenters. The lowest BCUT2D eigenvalue weighted by atomic mass is 10.1. The molecule has 1 heterocycles. The van der Waals surface area contributed by atoms with Gasteiger partial charge < -0.3 is 0 Å². The number of carbonyl (C=O) groups is 2. The van der Waals surface area contributed by atoms with E-state index in [1.165, 1.54) is 0 Å². The molecule has 0 saturated heterocycles. The van der Waals surface area contributed by atoms with E-state index in [0.717, 1.165) is 5.56 Å². The summed E-state index contributed by atoms with van der Waals surface area (Å²) in [5, 5.41) is 4.01. The summed E-state index contributed by atoms with van der Waals surface area (Å²) >= 11 is 0. The van der Waals surface area contributed by atoms with E-state index in [1.807, 2.05) is 0 Å². The topological polar surface area (TPSA) is 52.0 Å². The zero-order valence-corrected chi connectivity index (χ0v) is 9.75. The second kappa shape index (κ2) is 3.77. The van der Waals surface area contributed by atoms with Gasteiger partial charge in [-0.3, -0.25) is 14.3 Å². The molecule has 0 aliphatic heterocycles. The Hall–Kier alpha value is -2.49. The fraction of sp³-hybridized carbons (Fsp3) is 0.0714. The molecule has 0 N–H and O–H groups in total. The van der Waals surface area contributed by atoms with Crippen LogP contribution < -0.4 is 0 Å². The maximum absolute atomic E-state index is 12.1. The molecule has 0 bridgehead atoms. The van der Waals surface area contributed by atoms with Crippen LogP contribution in [0.25, 0.3) is 6.08 Å². The van der Waals surface area contributed by atoms with E-state index in [4.69, 9.17) is 0 Å². The van der Waals surface area contributed by atoms with Gasteiger partial charge in [0.05, 0.1) is 11.8 Å². The standard InChI is InChI=1S/C14H10N2O2/c1-16-8-9(7-15-16)6-12-13(17)10-4-2-3-5-11(10)14(12)18/h2-8H,1H3. The molecule has 1 aromatic heterocycles. The minimum atomic E-state index is -0.209. The number of benzene rings is 1. The van der Waals surface area contributed by atoms with Crippen LogP contribution in [0, 0.1) is 0 Å². The fourth-order valence-electron chi connectivity index (χ4n) is 2.08. The number of aryl methyl sites for hydroxylation is 1. The largest absolute Gasteiger partial charge is 0.288 e. The molecule has 0 saturated carbocycles. The number of hydrogen-bond donors (Lipinski definition) is 0. The summed E-state index contributed by atoms with van der Waals surface area (Å²) in [6.07, 6.45) is 4.98. The molecule has 0 fully saturated rings. The fourth-order valence-corrected chi connectivity index (χ4v) is 2.08. The minimum absolute atomic E-state index is 0.209. The quantitative estimate of drug-likeness (QED) is 0.563. The SMILES string of the molecule is Cn1cc(C=C2C(=O)c3ccccc3C2=O)cn1. The number of rotatable bonds is 1. The number of carbonyl (C=O) groups excluding carboxylic acids is 2. The highest BCUT2D eigenvalue weighted by molar-refractivity contribution is 6.41. The van der Waals surface area contributed by atoms with E-state index in [9.17, 15) is 9.59 Å². The number of hydrogen-bond acceptors (Lipinski definition) is 3. The molecule has 1 aromatic carbocycles. The molecule has 18 heavy (non-hydrogen) atoms. The maximum Gasteiger partial charge on any atom is 0.197 e. The summed E-state index contributed by atoms with van der Waals surface area (Å²) < 4.78 is 1.63. The number of Topliss-reactive ketones (excluding diaryl/α,β-unsaturated/α-hetero) is 2. The van der Waals surface area contributed by atoms with Crippen molar-refractivity contribution >= 4 is 17.6 Å². The van der Waals surface area contributed by atoms with Gasteiger partial charge in [0.25, 0.3) is 0 Å². The lowest BCUT2D eigenvalue weighted by molar-refractivity contribution is 0.0990. The smallest absolute Gasteiger partial charge is 0.197 e. The van der Waals surface area contributed by atoms with Crippen molar-refractivity contribution in [2.45, 2.75) is 0 Å². The van der Waals surface area contributed by atoms with Crippen LogP contribution in [0.5, 0.6) is 0 Å². The van der Waals surface area contributed by atoms with Crippen LogP contribution in [0.2, 0.25) is 0 Å². The van der Waals surface area contributed by atoms with E-state index in [1.54, 1.807) is 54.5 Å². The Kier molecular flexibility index (Phi) is 2.23. The van der Waals surface area contributed by atoms with Crippen molar-refractivity contribution in [3.05, 3.63) is 58.9 Å². The molecule has 1 aliphatic carbocycles. The molecule has 4 heteroatoms. The third-order valence-corrected chi connectivity index (χ3v) is 2.94. The zero-order valence-electron chi connectivity index (χ0n) is 9.75. The number of fused-ring (bicyclic) bond motifs is 1. The molecule has 0 amide bonds. The van der Waals surface area contributed by atoms with Gasteiger partial charge in [-0.1, -0.05) is 24.3 Å². The summed E-state index contributed by atoms with van der Waals surface area (Å²) in [5.74, 6) is -0.418. The van der Waals surface area contributed by atoms with Gasteiger partial charge in [-0.2, -0.15) is 5.10 Å². The van der Waals surface area contributed by atoms with E-state index >= 15 is 0 Å². The number of nitrogens with zero attached hydrogens (tertiary/aromatic N) is 2. The Labute approximate surface area is 104 Å². The van der Waals surface area contributed by atoms with Crippen LogP contribution >= 0.6 is 0 Å². The van der Waals surface area contributed by atoms with E-state index in [-0.39, 0.29) is 17.1 Å². The second-order valence-electron chi connectivity index (χ2n) is 4.21. The highest BCUT2D eigenvalue weighted by atomic mass is 16.2. The molecular weight excluding hydrogens is 228 g/mol. The van der Waals surface area contributed by atoms with Crippen LogP contribution in [-0.2, 0) is 7.05 Å². The molecule has 3 rings (SSSR count). The Bertz CT molecular complexity index is 658. The van der Waals surface area contributed by atoms with Crippen molar-refractivity contribution in [3.8, 4) is 0 Å².